The molecule has 1 atom stereocenters. The molecular weight excluding hydrogens is 595 g/mol. The van der Waals surface area contributed by atoms with E-state index in [0.29, 0.717) is 45.6 Å². The van der Waals surface area contributed by atoms with Gasteiger partial charge in [-0.15, -0.1) is 0 Å². The highest BCUT2D eigenvalue weighted by atomic mass is 35.5. The van der Waals surface area contributed by atoms with Crippen molar-refractivity contribution in [2.75, 3.05) is 44.2 Å². The van der Waals surface area contributed by atoms with Crippen LogP contribution in [-0.4, -0.2) is 78.3 Å². The summed E-state index contributed by atoms with van der Waals surface area (Å²) in [6.07, 6.45) is 1.73. The quantitative estimate of drug-likeness (QED) is 0.137. The SMILES string of the molecule is CC[C@H]1CN(c2ncc(CN=C(NC#N)NCC(F)(F)F)cc2Cl)CCN1C1CCN(Cc2ccc(Cl)cc2F)CC1. The molecule has 0 saturated carbocycles. The number of anilines is 1. The Balaban J connectivity index is 1.32. The number of hydrogen-bond donors (Lipinski definition) is 2. The van der Waals surface area contributed by atoms with E-state index in [0.717, 1.165) is 52.0 Å². The molecule has 2 aliphatic heterocycles. The monoisotopic (exact) mass is 628 g/mol. The van der Waals surface area contributed by atoms with Crippen molar-refractivity contribution in [1.82, 2.24) is 25.4 Å². The molecule has 228 valence electrons. The van der Waals surface area contributed by atoms with Gasteiger partial charge in [0.15, 0.2) is 6.19 Å². The average molecular weight is 630 g/mol. The van der Waals surface area contributed by atoms with Crippen LogP contribution in [0.3, 0.4) is 0 Å². The Morgan fingerprint density at radius 1 is 1.17 bits per heavy atom. The number of nitrogens with zero attached hydrogens (tertiary/aromatic N) is 6. The van der Waals surface area contributed by atoms with Crippen molar-refractivity contribution >= 4 is 35.0 Å². The molecule has 42 heavy (non-hydrogen) atoms. The molecule has 4 rings (SSSR count). The second kappa shape index (κ2) is 14.6. The van der Waals surface area contributed by atoms with Crippen molar-refractivity contribution in [3.05, 3.63) is 57.5 Å². The van der Waals surface area contributed by atoms with E-state index in [4.69, 9.17) is 28.5 Å². The number of benzene rings is 1. The zero-order chi connectivity index (χ0) is 30.3. The van der Waals surface area contributed by atoms with Gasteiger partial charge in [0.25, 0.3) is 0 Å². The van der Waals surface area contributed by atoms with Crippen molar-refractivity contribution < 1.29 is 17.6 Å². The number of likely N-dealkylation sites (tertiary alicyclic amines) is 1. The van der Waals surface area contributed by atoms with E-state index in [1.54, 1.807) is 30.6 Å². The summed E-state index contributed by atoms with van der Waals surface area (Å²) in [6.45, 7) is 5.64. The molecule has 0 radical (unpaired) electrons. The van der Waals surface area contributed by atoms with Crippen LogP contribution in [0.5, 0.6) is 0 Å². The van der Waals surface area contributed by atoms with E-state index in [-0.39, 0.29) is 18.3 Å². The van der Waals surface area contributed by atoms with Crippen LogP contribution in [0.15, 0.2) is 35.5 Å². The number of guanidine groups is 1. The van der Waals surface area contributed by atoms with E-state index in [2.05, 4.69) is 42.2 Å². The number of piperazine rings is 1. The Bertz CT molecular complexity index is 1280. The Morgan fingerprint density at radius 3 is 2.57 bits per heavy atom. The van der Waals surface area contributed by atoms with Crippen LogP contribution in [0, 0.1) is 17.3 Å². The number of aromatic nitrogens is 1. The summed E-state index contributed by atoms with van der Waals surface area (Å²) in [5.74, 6) is 0.117. The highest BCUT2D eigenvalue weighted by molar-refractivity contribution is 6.33. The van der Waals surface area contributed by atoms with Gasteiger partial charge in [0.1, 0.15) is 18.2 Å². The zero-order valence-electron chi connectivity index (χ0n) is 23.3. The maximum Gasteiger partial charge on any atom is 0.405 e. The number of pyridine rings is 1. The number of rotatable bonds is 8. The lowest BCUT2D eigenvalue weighted by atomic mass is 9.97. The van der Waals surface area contributed by atoms with E-state index >= 15 is 0 Å². The molecule has 2 saturated heterocycles. The minimum absolute atomic E-state index is 0.00338. The number of halogens is 6. The molecule has 2 aliphatic rings. The molecule has 1 aromatic heterocycles. The fourth-order valence-electron chi connectivity index (χ4n) is 5.54. The largest absolute Gasteiger partial charge is 0.405 e. The van der Waals surface area contributed by atoms with Gasteiger partial charge in [-0.1, -0.05) is 36.2 Å². The van der Waals surface area contributed by atoms with Crippen LogP contribution in [-0.2, 0) is 13.1 Å². The molecule has 0 unspecified atom stereocenters. The van der Waals surface area contributed by atoms with Gasteiger partial charge in [0.05, 0.1) is 11.6 Å². The summed E-state index contributed by atoms with van der Waals surface area (Å²) in [6, 6.07) is 7.33. The second-order valence-electron chi connectivity index (χ2n) is 10.5. The maximum absolute atomic E-state index is 14.3. The summed E-state index contributed by atoms with van der Waals surface area (Å²) in [4.78, 5) is 15.6. The molecule has 2 fully saturated rings. The molecule has 2 N–H and O–H groups in total. The highest BCUT2D eigenvalue weighted by Crippen LogP contribution is 2.30. The van der Waals surface area contributed by atoms with E-state index in [1.165, 1.54) is 6.07 Å². The Morgan fingerprint density at radius 2 is 1.93 bits per heavy atom. The average Bonchev–Trinajstić information content (AvgIpc) is 2.96. The maximum atomic E-state index is 14.3. The van der Waals surface area contributed by atoms with E-state index in [9.17, 15) is 17.6 Å². The third-order valence-electron chi connectivity index (χ3n) is 7.66. The molecule has 0 spiro atoms. The predicted molar refractivity (Wildman–Crippen MR) is 156 cm³/mol. The molecule has 0 aliphatic carbocycles. The van der Waals surface area contributed by atoms with Gasteiger partial charge in [-0.05, 0) is 56.1 Å². The van der Waals surface area contributed by atoms with Gasteiger partial charge in [-0.2, -0.15) is 18.4 Å². The van der Waals surface area contributed by atoms with Gasteiger partial charge >= 0.3 is 6.18 Å². The van der Waals surface area contributed by atoms with Gasteiger partial charge in [0, 0.05) is 55.0 Å². The molecule has 1 aromatic carbocycles. The number of nitrogens with one attached hydrogen (secondary N) is 2. The summed E-state index contributed by atoms with van der Waals surface area (Å²) in [5.41, 5.74) is 1.27. The van der Waals surface area contributed by atoms with Crippen molar-refractivity contribution in [2.45, 2.75) is 57.5 Å². The number of nitriles is 1. The van der Waals surface area contributed by atoms with Crippen LogP contribution in [0.25, 0.3) is 0 Å². The molecule has 8 nitrogen and oxygen atoms in total. The summed E-state index contributed by atoms with van der Waals surface area (Å²) < 4.78 is 51.8. The first-order valence-electron chi connectivity index (χ1n) is 13.9. The molecule has 14 heteroatoms. The Kier molecular flexibility index (Phi) is 11.1. The number of piperidine rings is 1. The van der Waals surface area contributed by atoms with Crippen LogP contribution in [0.1, 0.15) is 37.3 Å². The molecular formula is C28H34Cl2F4N8. The highest BCUT2D eigenvalue weighted by Gasteiger charge is 2.34. The number of hydrogen-bond acceptors (Lipinski definition) is 6. The lowest BCUT2D eigenvalue weighted by Crippen LogP contribution is -2.58. The third kappa shape index (κ3) is 8.83. The lowest BCUT2D eigenvalue weighted by molar-refractivity contribution is -0.122. The second-order valence-corrected chi connectivity index (χ2v) is 11.4. The summed E-state index contributed by atoms with van der Waals surface area (Å²) >= 11 is 12.5. The van der Waals surface area contributed by atoms with Gasteiger partial charge < -0.3 is 10.2 Å². The van der Waals surface area contributed by atoms with Crippen molar-refractivity contribution in [2.24, 2.45) is 4.99 Å². The lowest BCUT2D eigenvalue weighted by Gasteiger charge is -2.47. The fourth-order valence-corrected chi connectivity index (χ4v) is 6.01. The van der Waals surface area contributed by atoms with Crippen molar-refractivity contribution in [3.8, 4) is 6.19 Å². The van der Waals surface area contributed by atoms with Crippen LogP contribution < -0.4 is 15.5 Å². The fraction of sp³-hybridized carbons (Fsp3) is 0.536. The summed E-state index contributed by atoms with van der Waals surface area (Å²) in [7, 11) is 0. The van der Waals surface area contributed by atoms with Gasteiger partial charge in [-0.25, -0.2) is 14.4 Å². The minimum Gasteiger partial charge on any atom is -0.353 e. The van der Waals surface area contributed by atoms with Gasteiger partial charge in [-0.3, -0.25) is 15.1 Å². The molecule has 0 bridgehead atoms. The first-order chi connectivity index (χ1) is 20.1. The minimum atomic E-state index is -4.44. The first kappa shape index (κ1) is 32.1. The van der Waals surface area contributed by atoms with Crippen LogP contribution in [0.4, 0.5) is 23.4 Å². The smallest absolute Gasteiger partial charge is 0.353 e. The predicted octanol–water partition coefficient (Wildman–Crippen LogP) is 5.17. The van der Waals surface area contributed by atoms with E-state index < -0.39 is 12.7 Å². The molecule has 0 amide bonds. The standard InChI is InChI=1S/C28H34Cl2F4N8/c1-2-22-16-41(26-24(30)11-19(13-36-26)14-37-27(39-18-35)38-17-28(32,33)34)9-10-42(22)23-5-7-40(8-6-23)15-20-3-4-21(29)12-25(20)31/h3-4,11-13,22-23H,2,5-10,14-17H2,1H3,(H2,37,38,39)/t22-/m0/s1. The first-order valence-corrected chi connectivity index (χ1v) is 14.6. The van der Waals surface area contributed by atoms with Crippen molar-refractivity contribution in [3.63, 3.8) is 0 Å². The zero-order valence-corrected chi connectivity index (χ0v) is 24.8. The Labute approximate surface area is 253 Å². The Hall–Kier alpha value is -2.85. The third-order valence-corrected chi connectivity index (χ3v) is 8.18. The normalized spacial score (nSPS) is 19.5. The van der Waals surface area contributed by atoms with Gasteiger partial charge in [0.2, 0.25) is 5.96 Å². The molecule has 2 aromatic rings. The topological polar surface area (TPSA) is 82.8 Å². The summed E-state index contributed by atoms with van der Waals surface area (Å²) in [5, 5.41) is 13.8. The van der Waals surface area contributed by atoms with Crippen LogP contribution >= 0.6 is 23.2 Å². The van der Waals surface area contributed by atoms with Crippen LogP contribution in [0.2, 0.25) is 10.0 Å². The van der Waals surface area contributed by atoms with Crippen molar-refractivity contribution in [1.29, 1.82) is 5.26 Å². The number of aliphatic imine (C=N–C) groups is 1. The molecule has 3 heterocycles. The van der Waals surface area contributed by atoms with E-state index in [1.807, 2.05) is 0 Å². The number of alkyl halides is 3.